The van der Waals surface area contributed by atoms with E-state index < -0.39 is 0 Å². The van der Waals surface area contributed by atoms with E-state index in [1.807, 2.05) is 0 Å². The smallest absolute Gasteiger partial charge is 0.119 e. The first-order valence-corrected chi connectivity index (χ1v) is 9.82. The second-order valence-corrected chi connectivity index (χ2v) is 7.11. The van der Waals surface area contributed by atoms with Gasteiger partial charge < -0.3 is 4.74 Å². The molecule has 0 N–H and O–H groups in total. The Morgan fingerprint density at radius 1 is 0.840 bits per heavy atom. The third-order valence-electron chi connectivity index (χ3n) is 5.13. The summed E-state index contributed by atoms with van der Waals surface area (Å²) >= 11 is 0. The van der Waals surface area contributed by atoms with Crippen molar-refractivity contribution in [1.29, 1.82) is 0 Å². The number of rotatable bonds is 7. The molecule has 0 spiro atoms. The summed E-state index contributed by atoms with van der Waals surface area (Å²) in [4.78, 5) is 0. The third kappa shape index (κ3) is 4.75. The standard InChI is InChI=1S/C24H30O/c1-3-5-19-6-8-20(9-7-19)21-10-12-22(13-11-21)23-14-16-24(17-15-23)25-18-4-2/h8,10-17,19H,3-7,9,18H2,1-2H3. The molecule has 25 heavy (non-hydrogen) atoms. The first-order valence-electron chi connectivity index (χ1n) is 9.82. The highest BCUT2D eigenvalue weighted by Crippen LogP contribution is 2.33. The molecule has 3 rings (SSSR count). The van der Waals surface area contributed by atoms with Crippen molar-refractivity contribution in [2.45, 2.75) is 52.4 Å². The Morgan fingerprint density at radius 2 is 1.48 bits per heavy atom. The fourth-order valence-electron chi connectivity index (χ4n) is 3.66. The van der Waals surface area contributed by atoms with Gasteiger partial charge in [-0.3, -0.25) is 0 Å². The quantitative estimate of drug-likeness (QED) is 0.523. The van der Waals surface area contributed by atoms with Crippen LogP contribution in [0.4, 0.5) is 0 Å². The van der Waals surface area contributed by atoms with Crippen LogP contribution in [0.2, 0.25) is 0 Å². The Bertz CT molecular complexity index is 679. The van der Waals surface area contributed by atoms with Crippen LogP contribution in [0, 0.1) is 5.92 Å². The number of benzene rings is 2. The van der Waals surface area contributed by atoms with Crippen LogP contribution in [-0.4, -0.2) is 6.61 Å². The summed E-state index contributed by atoms with van der Waals surface area (Å²) in [6.45, 7) is 5.20. The molecule has 0 saturated heterocycles. The van der Waals surface area contributed by atoms with Gasteiger partial charge in [0.05, 0.1) is 6.61 Å². The van der Waals surface area contributed by atoms with Gasteiger partial charge in [0.25, 0.3) is 0 Å². The summed E-state index contributed by atoms with van der Waals surface area (Å²) in [5, 5.41) is 0. The molecule has 0 saturated carbocycles. The molecular weight excluding hydrogens is 304 g/mol. The summed E-state index contributed by atoms with van der Waals surface area (Å²) < 4.78 is 5.66. The van der Waals surface area contributed by atoms with E-state index in [2.05, 4.69) is 68.5 Å². The Kier molecular flexibility index (Phi) is 6.33. The maximum absolute atomic E-state index is 5.66. The van der Waals surface area contributed by atoms with Crippen LogP contribution in [-0.2, 0) is 0 Å². The molecule has 1 heteroatoms. The minimum atomic E-state index is 0.780. The molecule has 1 atom stereocenters. The fourth-order valence-corrected chi connectivity index (χ4v) is 3.66. The molecule has 132 valence electrons. The molecule has 2 aromatic carbocycles. The highest BCUT2D eigenvalue weighted by atomic mass is 16.5. The lowest BCUT2D eigenvalue weighted by Gasteiger charge is -2.21. The maximum atomic E-state index is 5.66. The number of allylic oxidation sites excluding steroid dienone is 2. The molecule has 0 heterocycles. The van der Waals surface area contributed by atoms with Crippen LogP contribution in [0.1, 0.15) is 57.9 Å². The van der Waals surface area contributed by atoms with Crippen molar-refractivity contribution in [3.63, 3.8) is 0 Å². The van der Waals surface area contributed by atoms with Crippen molar-refractivity contribution in [3.8, 4) is 16.9 Å². The van der Waals surface area contributed by atoms with Gasteiger partial charge in [0.15, 0.2) is 0 Å². The molecule has 0 radical (unpaired) electrons. The molecular formula is C24H30O. The lowest BCUT2D eigenvalue weighted by molar-refractivity contribution is 0.317. The number of ether oxygens (including phenoxy) is 1. The van der Waals surface area contributed by atoms with E-state index in [1.165, 1.54) is 54.4 Å². The fraction of sp³-hybridized carbons (Fsp3) is 0.417. The van der Waals surface area contributed by atoms with Crippen LogP contribution in [0.5, 0.6) is 5.75 Å². The Balaban J connectivity index is 1.66. The zero-order chi connectivity index (χ0) is 17.5. The molecule has 0 aromatic heterocycles. The molecule has 2 aromatic rings. The second-order valence-electron chi connectivity index (χ2n) is 7.11. The monoisotopic (exact) mass is 334 g/mol. The molecule has 1 nitrogen and oxygen atoms in total. The van der Waals surface area contributed by atoms with Gasteiger partial charge in [0.1, 0.15) is 5.75 Å². The molecule has 0 fully saturated rings. The van der Waals surface area contributed by atoms with Gasteiger partial charge in [0.2, 0.25) is 0 Å². The van der Waals surface area contributed by atoms with Crippen molar-refractivity contribution >= 4 is 5.57 Å². The van der Waals surface area contributed by atoms with Gasteiger partial charge in [-0.2, -0.15) is 0 Å². The lowest BCUT2D eigenvalue weighted by atomic mass is 9.84. The molecule has 1 unspecified atom stereocenters. The van der Waals surface area contributed by atoms with Crippen LogP contribution in [0.3, 0.4) is 0 Å². The Labute approximate surface area is 152 Å². The molecule has 0 amide bonds. The van der Waals surface area contributed by atoms with Gasteiger partial charge in [-0.25, -0.2) is 0 Å². The number of hydrogen-bond acceptors (Lipinski definition) is 1. The zero-order valence-electron chi connectivity index (χ0n) is 15.6. The van der Waals surface area contributed by atoms with Crippen molar-refractivity contribution < 1.29 is 4.74 Å². The summed E-state index contributed by atoms with van der Waals surface area (Å²) in [5.41, 5.74) is 5.44. The minimum absolute atomic E-state index is 0.780. The van der Waals surface area contributed by atoms with E-state index in [0.717, 1.165) is 24.7 Å². The Morgan fingerprint density at radius 3 is 2.04 bits per heavy atom. The summed E-state index contributed by atoms with van der Waals surface area (Å²) in [6, 6.07) is 17.5. The lowest BCUT2D eigenvalue weighted by Crippen LogP contribution is -2.04. The molecule has 1 aliphatic rings. The van der Waals surface area contributed by atoms with Crippen molar-refractivity contribution in [1.82, 2.24) is 0 Å². The third-order valence-corrected chi connectivity index (χ3v) is 5.13. The average Bonchev–Trinajstić information content (AvgIpc) is 2.68. The molecule has 1 aliphatic carbocycles. The van der Waals surface area contributed by atoms with Crippen molar-refractivity contribution in [2.75, 3.05) is 6.61 Å². The van der Waals surface area contributed by atoms with Crippen molar-refractivity contribution in [3.05, 3.63) is 60.2 Å². The largest absolute Gasteiger partial charge is 0.494 e. The highest BCUT2D eigenvalue weighted by molar-refractivity contribution is 5.71. The minimum Gasteiger partial charge on any atom is -0.494 e. The predicted molar refractivity (Wildman–Crippen MR) is 108 cm³/mol. The summed E-state index contributed by atoms with van der Waals surface area (Å²) in [5.74, 6) is 1.86. The predicted octanol–water partition coefficient (Wildman–Crippen LogP) is 7.13. The molecule has 0 aliphatic heterocycles. The van der Waals surface area contributed by atoms with E-state index in [-0.39, 0.29) is 0 Å². The van der Waals surface area contributed by atoms with E-state index in [0.29, 0.717) is 0 Å². The SMILES string of the molecule is CCCOc1ccc(-c2ccc(C3=CCC(CCC)CC3)cc2)cc1. The van der Waals surface area contributed by atoms with Crippen LogP contribution in [0.25, 0.3) is 16.7 Å². The van der Waals surface area contributed by atoms with Gasteiger partial charge >= 0.3 is 0 Å². The van der Waals surface area contributed by atoms with Crippen molar-refractivity contribution in [2.24, 2.45) is 5.92 Å². The van der Waals surface area contributed by atoms with Crippen LogP contribution >= 0.6 is 0 Å². The second kappa shape index (κ2) is 8.89. The maximum Gasteiger partial charge on any atom is 0.119 e. The number of hydrogen-bond donors (Lipinski definition) is 0. The van der Waals surface area contributed by atoms with Crippen LogP contribution < -0.4 is 4.74 Å². The van der Waals surface area contributed by atoms with Crippen LogP contribution in [0.15, 0.2) is 54.6 Å². The van der Waals surface area contributed by atoms with Gasteiger partial charge in [-0.1, -0.05) is 69.2 Å². The van der Waals surface area contributed by atoms with E-state index in [1.54, 1.807) is 0 Å². The normalized spacial score (nSPS) is 17.2. The highest BCUT2D eigenvalue weighted by Gasteiger charge is 2.14. The van der Waals surface area contributed by atoms with E-state index >= 15 is 0 Å². The van der Waals surface area contributed by atoms with Gasteiger partial charge in [-0.05, 0) is 66.0 Å². The van der Waals surface area contributed by atoms with Gasteiger partial charge in [-0.15, -0.1) is 0 Å². The first-order chi connectivity index (χ1) is 12.3. The summed E-state index contributed by atoms with van der Waals surface area (Å²) in [7, 11) is 0. The van der Waals surface area contributed by atoms with E-state index in [9.17, 15) is 0 Å². The van der Waals surface area contributed by atoms with E-state index in [4.69, 9.17) is 4.74 Å². The summed E-state index contributed by atoms with van der Waals surface area (Å²) in [6.07, 6.45) is 10.0. The first kappa shape index (κ1) is 17.8. The molecule has 0 bridgehead atoms. The average molecular weight is 335 g/mol. The Hall–Kier alpha value is -2.02. The zero-order valence-corrected chi connectivity index (χ0v) is 15.6. The topological polar surface area (TPSA) is 9.23 Å². The van der Waals surface area contributed by atoms with Gasteiger partial charge in [0, 0.05) is 0 Å².